The number of ether oxygens (including phenoxy) is 1. The van der Waals surface area contributed by atoms with Crippen LogP contribution < -0.4 is 21.3 Å². The summed E-state index contributed by atoms with van der Waals surface area (Å²) in [5, 5.41) is 12.1. The molecule has 5 rings (SSSR count). The lowest BCUT2D eigenvalue weighted by Crippen LogP contribution is -2.58. The van der Waals surface area contributed by atoms with Gasteiger partial charge < -0.3 is 26.0 Å². The van der Waals surface area contributed by atoms with Gasteiger partial charge in [0.25, 0.3) is 0 Å². The molecule has 2 fully saturated rings. The Morgan fingerprint density at radius 2 is 1.73 bits per heavy atom. The fraction of sp³-hybridized carbons (Fsp3) is 0.471. The Balaban J connectivity index is 1.29. The number of nitrogens with zero attached hydrogens (tertiary/aromatic N) is 1. The molecular formula is C34H43N5O5. The maximum atomic E-state index is 13.8. The summed E-state index contributed by atoms with van der Waals surface area (Å²) < 4.78 is 5.60. The summed E-state index contributed by atoms with van der Waals surface area (Å²) in [4.78, 5) is 54.0. The van der Waals surface area contributed by atoms with Crippen molar-refractivity contribution < 1.29 is 23.9 Å². The number of nitrogens with one attached hydrogen (secondary N) is 4. The fourth-order valence-corrected chi connectivity index (χ4v) is 6.48. The summed E-state index contributed by atoms with van der Waals surface area (Å²) in [6.07, 6.45) is 7.93. The SMILES string of the molecule is CC(=O)Nc1cccc(NC(=O)CN2CC[C@H]3NC(=O)[C@H](Cc4ccccc4)NC(=O)C4(C/C=C/C[C@H]3C2)CCOCC4)c1. The van der Waals surface area contributed by atoms with Gasteiger partial charge in [-0.1, -0.05) is 48.6 Å². The van der Waals surface area contributed by atoms with Crippen LogP contribution in [-0.2, 0) is 30.3 Å². The molecule has 3 atom stereocenters. The van der Waals surface area contributed by atoms with Crippen molar-refractivity contribution in [2.75, 3.05) is 43.5 Å². The second-order valence-electron chi connectivity index (χ2n) is 12.2. The number of benzene rings is 2. The average Bonchev–Trinajstić information content (AvgIpc) is 3.00. The summed E-state index contributed by atoms with van der Waals surface area (Å²) in [7, 11) is 0. The number of anilines is 2. The van der Waals surface area contributed by atoms with Crippen molar-refractivity contribution in [1.29, 1.82) is 0 Å². The van der Waals surface area contributed by atoms with Crippen LogP contribution in [0.3, 0.4) is 0 Å². The Morgan fingerprint density at radius 1 is 0.977 bits per heavy atom. The van der Waals surface area contributed by atoms with Crippen molar-refractivity contribution in [3.8, 4) is 0 Å². The number of hydrogen-bond donors (Lipinski definition) is 4. The van der Waals surface area contributed by atoms with E-state index in [0.29, 0.717) is 69.8 Å². The lowest BCUT2D eigenvalue weighted by Gasteiger charge is -2.40. The van der Waals surface area contributed by atoms with E-state index in [1.807, 2.05) is 30.3 Å². The van der Waals surface area contributed by atoms with E-state index in [2.05, 4.69) is 38.3 Å². The molecule has 3 heterocycles. The van der Waals surface area contributed by atoms with Crippen LogP contribution in [-0.4, -0.2) is 73.5 Å². The maximum Gasteiger partial charge on any atom is 0.243 e. The Hall–Kier alpha value is -4.02. The van der Waals surface area contributed by atoms with Crippen molar-refractivity contribution in [3.05, 3.63) is 72.3 Å². The third-order valence-electron chi connectivity index (χ3n) is 8.93. The van der Waals surface area contributed by atoms with Crippen LogP contribution in [0.4, 0.5) is 11.4 Å². The second-order valence-corrected chi connectivity index (χ2v) is 12.2. The van der Waals surface area contributed by atoms with E-state index in [-0.39, 0.29) is 42.1 Å². The first-order chi connectivity index (χ1) is 21.3. The first kappa shape index (κ1) is 31.4. The van der Waals surface area contributed by atoms with Crippen LogP contribution in [0.15, 0.2) is 66.7 Å². The molecule has 0 unspecified atom stereocenters. The van der Waals surface area contributed by atoms with Crippen LogP contribution in [0.5, 0.6) is 0 Å². The molecule has 0 radical (unpaired) electrons. The lowest BCUT2D eigenvalue weighted by molar-refractivity contribution is -0.140. The van der Waals surface area contributed by atoms with E-state index < -0.39 is 11.5 Å². The predicted molar refractivity (Wildman–Crippen MR) is 169 cm³/mol. The third kappa shape index (κ3) is 8.33. The third-order valence-corrected chi connectivity index (χ3v) is 8.93. The van der Waals surface area contributed by atoms with Crippen LogP contribution in [0, 0.1) is 11.3 Å². The molecule has 0 bridgehead atoms. The summed E-state index contributed by atoms with van der Waals surface area (Å²) in [6.45, 7) is 4.03. The number of fused-ring (bicyclic) bond motifs is 1. The number of likely N-dealkylation sites (tertiary alicyclic amines) is 1. The Kier molecular flexibility index (Phi) is 10.4. The summed E-state index contributed by atoms with van der Waals surface area (Å²) in [5.41, 5.74) is 1.62. The molecule has 2 saturated heterocycles. The molecule has 3 aliphatic rings. The molecule has 10 heteroatoms. The van der Waals surface area contributed by atoms with Crippen molar-refractivity contribution in [2.45, 2.75) is 57.5 Å². The van der Waals surface area contributed by atoms with E-state index in [0.717, 1.165) is 12.0 Å². The van der Waals surface area contributed by atoms with Crippen LogP contribution >= 0.6 is 0 Å². The molecule has 4 amide bonds. The monoisotopic (exact) mass is 601 g/mol. The zero-order valence-corrected chi connectivity index (χ0v) is 25.3. The van der Waals surface area contributed by atoms with Crippen LogP contribution in [0.25, 0.3) is 0 Å². The summed E-state index contributed by atoms with van der Waals surface area (Å²) >= 11 is 0. The van der Waals surface area contributed by atoms with Gasteiger partial charge >= 0.3 is 0 Å². The quantitative estimate of drug-likeness (QED) is 0.377. The first-order valence-electron chi connectivity index (χ1n) is 15.6. The Bertz CT molecular complexity index is 1360. The normalized spacial score (nSPS) is 24.9. The molecule has 44 heavy (non-hydrogen) atoms. The number of hydrogen-bond acceptors (Lipinski definition) is 6. The van der Waals surface area contributed by atoms with Gasteiger partial charge in [-0.05, 0) is 61.8 Å². The summed E-state index contributed by atoms with van der Waals surface area (Å²) in [6, 6.07) is 16.1. The zero-order valence-electron chi connectivity index (χ0n) is 25.3. The van der Waals surface area contributed by atoms with Crippen molar-refractivity contribution in [3.63, 3.8) is 0 Å². The zero-order chi connectivity index (χ0) is 30.9. The molecule has 3 aliphatic heterocycles. The van der Waals surface area contributed by atoms with Gasteiger partial charge in [-0.15, -0.1) is 0 Å². The molecule has 0 aliphatic carbocycles. The van der Waals surface area contributed by atoms with E-state index in [1.165, 1.54) is 6.92 Å². The van der Waals surface area contributed by atoms with Crippen LogP contribution in [0.2, 0.25) is 0 Å². The predicted octanol–water partition coefficient (Wildman–Crippen LogP) is 3.26. The number of rotatable bonds is 6. The van der Waals surface area contributed by atoms with Crippen molar-refractivity contribution in [2.24, 2.45) is 11.3 Å². The molecule has 2 aromatic carbocycles. The molecule has 4 N–H and O–H groups in total. The van der Waals surface area contributed by atoms with E-state index in [4.69, 9.17) is 4.74 Å². The standard InChI is InChI=1S/C34H43N5O5/c1-24(40)35-27-11-7-12-28(21-27)36-31(41)23-39-17-13-29-26(22-39)10-5-6-14-34(15-18-44-19-16-34)33(43)38-30(32(42)37-29)20-25-8-3-2-4-9-25/h2-9,11-12,21,26,29-30H,10,13-20,22-23H2,1H3,(H,35,40)(H,36,41)(H,37,42)(H,38,43)/b6-5+/t26-,29+,30-/m0/s1. The van der Waals surface area contributed by atoms with Gasteiger partial charge in [0, 0.05) is 57.1 Å². The number of piperidine rings is 1. The topological polar surface area (TPSA) is 129 Å². The molecule has 2 aromatic rings. The maximum absolute atomic E-state index is 13.8. The lowest BCUT2D eigenvalue weighted by atomic mass is 9.75. The largest absolute Gasteiger partial charge is 0.381 e. The van der Waals surface area contributed by atoms with Gasteiger partial charge in [-0.2, -0.15) is 0 Å². The minimum atomic E-state index is -0.689. The van der Waals surface area contributed by atoms with Gasteiger partial charge in [0.2, 0.25) is 23.6 Å². The van der Waals surface area contributed by atoms with Gasteiger partial charge in [-0.25, -0.2) is 0 Å². The van der Waals surface area contributed by atoms with Crippen LogP contribution in [0.1, 0.15) is 44.6 Å². The van der Waals surface area contributed by atoms with Crippen molar-refractivity contribution >= 4 is 35.0 Å². The van der Waals surface area contributed by atoms with Gasteiger partial charge in [-0.3, -0.25) is 24.1 Å². The highest BCUT2D eigenvalue weighted by atomic mass is 16.5. The molecule has 0 aromatic heterocycles. The number of carbonyl (C=O) groups is 4. The number of amides is 4. The van der Waals surface area contributed by atoms with E-state index in [1.54, 1.807) is 24.3 Å². The van der Waals surface area contributed by atoms with E-state index in [9.17, 15) is 19.2 Å². The molecule has 1 spiro atoms. The smallest absolute Gasteiger partial charge is 0.243 e. The summed E-state index contributed by atoms with van der Waals surface area (Å²) in [5.74, 6) is -0.455. The Labute approximate surface area is 259 Å². The van der Waals surface area contributed by atoms with Gasteiger partial charge in [0.05, 0.1) is 12.0 Å². The minimum Gasteiger partial charge on any atom is -0.381 e. The molecule has 234 valence electrons. The number of allylic oxidation sites excluding steroid dienone is 2. The number of carbonyl (C=O) groups excluding carboxylic acids is 4. The Morgan fingerprint density at radius 3 is 2.48 bits per heavy atom. The highest BCUT2D eigenvalue weighted by Gasteiger charge is 2.41. The highest BCUT2D eigenvalue weighted by molar-refractivity contribution is 5.94. The average molecular weight is 602 g/mol. The second kappa shape index (κ2) is 14.6. The molecule has 10 nitrogen and oxygen atoms in total. The highest BCUT2D eigenvalue weighted by Crippen LogP contribution is 2.36. The van der Waals surface area contributed by atoms with Gasteiger partial charge in [0.1, 0.15) is 6.04 Å². The van der Waals surface area contributed by atoms with Gasteiger partial charge in [0.15, 0.2) is 0 Å². The molecular weight excluding hydrogens is 558 g/mol. The first-order valence-corrected chi connectivity index (χ1v) is 15.6. The molecule has 0 saturated carbocycles. The van der Waals surface area contributed by atoms with Crippen molar-refractivity contribution in [1.82, 2.24) is 15.5 Å². The van der Waals surface area contributed by atoms with E-state index >= 15 is 0 Å². The fourth-order valence-electron chi connectivity index (χ4n) is 6.48. The minimum absolute atomic E-state index is 0.0764.